The van der Waals surface area contributed by atoms with Gasteiger partial charge < -0.3 is 10.0 Å². The molecule has 1 fully saturated rings. The SMILES string of the molecule is O=C(c1cccc2cn[nH]c12)N1CCC[C@H]1CO. The maximum absolute atomic E-state index is 12.5. The highest BCUT2D eigenvalue weighted by Gasteiger charge is 2.29. The molecular weight excluding hydrogens is 230 g/mol. The number of rotatable bonds is 2. The number of carbonyl (C=O) groups excluding carboxylic acids is 1. The topological polar surface area (TPSA) is 69.2 Å². The molecule has 1 aromatic carbocycles. The number of para-hydroxylation sites is 1. The summed E-state index contributed by atoms with van der Waals surface area (Å²) in [7, 11) is 0. The van der Waals surface area contributed by atoms with Crippen LogP contribution in [0.1, 0.15) is 23.2 Å². The zero-order chi connectivity index (χ0) is 12.5. The van der Waals surface area contributed by atoms with E-state index in [1.807, 2.05) is 12.1 Å². The number of H-pyrrole nitrogens is 1. The molecule has 1 amide bonds. The van der Waals surface area contributed by atoms with Crippen molar-refractivity contribution in [1.29, 1.82) is 0 Å². The van der Waals surface area contributed by atoms with E-state index in [1.54, 1.807) is 17.2 Å². The molecule has 2 aromatic rings. The van der Waals surface area contributed by atoms with Crippen LogP contribution in [0.5, 0.6) is 0 Å². The van der Waals surface area contributed by atoms with Crippen molar-refractivity contribution < 1.29 is 9.90 Å². The average Bonchev–Trinajstić information content (AvgIpc) is 3.05. The number of amides is 1. The van der Waals surface area contributed by atoms with Gasteiger partial charge in [-0.05, 0) is 18.9 Å². The van der Waals surface area contributed by atoms with E-state index in [0.717, 1.165) is 23.7 Å². The number of aromatic nitrogens is 2. The number of hydrogen-bond acceptors (Lipinski definition) is 3. The lowest BCUT2D eigenvalue weighted by Crippen LogP contribution is -2.37. The van der Waals surface area contributed by atoms with E-state index in [1.165, 1.54) is 0 Å². The fourth-order valence-electron chi connectivity index (χ4n) is 2.59. The highest BCUT2D eigenvalue weighted by molar-refractivity contribution is 6.05. The van der Waals surface area contributed by atoms with Crippen LogP contribution in [-0.4, -0.2) is 45.3 Å². The lowest BCUT2D eigenvalue weighted by Gasteiger charge is -2.23. The molecule has 5 nitrogen and oxygen atoms in total. The standard InChI is InChI=1S/C13H15N3O2/c17-8-10-4-2-6-16(10)13(18)11-5-1-3-9-7-14-15-12(9)11/h1,3,5,7,10,17H,2,4,6,8H2,(H,14,15)/t10-/m0/s1. The minimum Gasteiger partial charge on any atom is -0.394 e. The van der Waals surface area contributed by atoms with Crippen LogP contribution in [0, 0.1) is 0 Å². The van der Waals surface area contributed by atoms with E-state index in [4.69, 9.17) is 0 Å². The van der Waals surface area contributed by atoms with Gasteiger partial charge >= 0.3 is 0 Å². The predicted molar refractivity (Wildman–Crippen MR) is 67.2 cm³/mol. The first kappa shape index (κ1) is 11.2. The lowest BCUT2D eigenvalue weighted by molar-refractivity contribution is 0.0679. The van der Waals surface area contributed by atoms with Gasteiger partial charge in [0.25, 0.3) is 5.91 Å². The van der Waals surface area contributed by atoms with Crippen LogP contribution < -0.4 is 0 Å². The van der Waals surface area contributed by atoms with Gasteiger partial charge in [0.1, 0.15) is 0 Å². The molecule has 1 aromatic heterocycles. The van der Waals surface area contributed by atoms with Crippen molar-refractivity contribution in [3.63, 3.8) is 0 Å². The van der Waals surface area contributed by atoms with Gasteiger partial charge in [-0.15, -0.1) is 0 Å². The molecule has 3 rings (SSSR count). The molecule has 0 unspecified atom stereocenters. The van der Waals surface area contributed by atoms with E-state index < -0.39 is 0 Å². The third kappa shape index (κ3) is 1.67. The zero-order valence-corrected chi connectivity index (χ0v) is 9.97. The Bertz CT molecular complexity index is 578. The fraction of sp³-hybridized carbons (Fsp3) is 0.385. The van der Waals surface area contributed by atoms with Gasteiger partial charge in [-0.3, -0.25) is 9.89 Å². The summed E-state index contributed by atoms with van der Waals surface area (Å²) in [5.74, 6) is -0.0265. The number of hydrogen-bond donors (Lipinski definition) is 2. The maximum atomic E-state index is 12.5. The van der Waals surface area contributed by atoms with Gasteiger partial charge in [-0.1, -0.05) is 12.1 Å². The van der Waals surface area contributed by atoms with Crippen molar-refractivity contribution in [2.75, 3.05) is 13.2 Å². The Hall–Kier alpha value is -1.88. The van der Waals surface area contributed by atoms with Gasteiger partial charge in [0.15, 0.2) is 0 Å². The maximum Gasteiger partial charge on any atom is 0.256 e. The van der Waals surface area contributed by atoms with Gasteiger partial charge in [0.2, 0.25) is 0 Å². The molecule has 0 aliphatic carbocycles. The summed E-state index contributed by atoms with van der Waals surface area (Å²) in [5.41, 5.74) is 1.40. The Kier molecular flexibility index (Phi) is 2.76. The Morgan fingerprint density at radius 2 is 2.44 bits per heavy atom. The molecule has 18 heavy (non-hydrogen) atoms. The molecule has 1 saturated heterocycles. The quantitative estimate of drug-likeness (QED) is 0.834. The molecule has 0 radical (unpaired) electrons. The van der Waals surface area contributed by atoms with Crippen LogP contribution in [0.15, 0.2) is 24.4 Å². The molecule has 2 heterocycles. The highest BCUT2D eigenvalue weighted by atomic mass is 16.3. The molecular formula is C13H15N3O2. The molecule has 0 spiro atoms. The van der Waals surface area contributed by atoms with Crippen molar-refractivity contribution in [2.45, 2.75) is 18.9 Å². The summed E-state index contributed by atoms with van der Waals surface area (Å²) in [6.45, 7) is 0.749. The van der Waals surface area contributed by atoms with E-state index in [9.17, 15) is 9.90 Å². The van der Waals surface area contributed by atoms with Crippen LogP contribution in [0.2, 0.25) is 0 Å². The monoisotopic (exact) mass is 245 g/mol. The third-order valence-electron chi connectivity index (χ3n) is 3.56. The van der Waals surface area contributed by atoms with E-state index in [2.05, 4.69) is 10.2 Å². The Balaban J connectivity index is 1.99. The van der Waals surface area contributed by atoms with Gasteiger partial charge in [-0.25, -0.2) is 0 Å². The number of likely N-dealkylation sites (tertiary alicyclic amines) is 1. The van der Waals surface area contributed by atoms with Crippen LogP contribution in [0.3, 0.4) is 0 Å². The Morgan fingerprint density at radius 1 is 1.56 bits per heavy atom. The first-order valence-corrected chi connectivity index (χ1v) is 6.15. The summed E-state index contributed by atoms with van der Waals surface area (Å²) in [6.07, 6.45) is 3.54. The first-order chi connectivity index (χ1) is 8.81. The molecule has 0 bridgehead atoms. The second kappa shape index (κ2) is 4.42. The first-order valence-electron chi connectivity index (χ1n) is 6.15. The molecule has 1 atom stereocenters. The molecule has 1 aliphatic heterocycles. The highest BCUT2D eigenvalue weighted by Crippen LogP contribution is 2.23. The molecule has 2 N–H and O–H groups in total. The fourth-order valence-corrected chi connectivity index (χ4v) is 2.59. The minimum atomic E-state index is -0.0457. The summed E-state index contributed by atoms with van der Waals surface area (Å²) >= 11 is 0. The number of nitrogens with zero attached hydrogens (tertiary/aromatic N) is 2. The minimum absolute atomic E-state index is 0.0265. The van der Waals surface area contributed by atoms with Crippen LogP contribution >= 0.6 is 0 Å². The van der Waals surface area contributed by atoms with Crippen molar-refractivity contribution in [3.8, 4) is 0 Å². The molecule has 0 saturated carbocycles. The number of aliphatic hydroxyl groups excluding tert-OH is 1. The van der Waals surface area contributed by atoms with E-state index in [-0.39, 0.29) is 18.6 Å². The molecule has 94 valence electrons. The molecule has 1 aliphatic rings. The van der Waals surface area contributed by atoms with E-state index >= 15 is 0 Å². The largest absolute Gasteiger partial charge is 0.394 e. The lowest BCUT2D eigenvalue weighted by atomic mass is 10.1. The Morgan fingerprint density at radius 3 is 3.28 bits per heavy atom. The number of fused-ring (bicyclic) bond motifs is 1. The van der Waals surface area contributed by atoms with Crippen molar-refractivity contribution >= 4 is 16.8 Å². The van der Waals surface area contributed by atoms with E-state index in [0.29, 0.717) is 12.1 Å². The average molecular weight is 245 g/mol. The number of carbonyl (C=O) groups is 1. The smallest absolute Gasteiger partial charge is 0.256 e. The summed E-state index contributed by atoms with van der Waals surface area (Å²) in [6, 6.07) is 5.53. The summed E-state index contributed by atoms with van der Waals surface area (Å²) in [5, 5.41) is 17.1. The van der Waals surface area contributed by atoms with Crippen LogP contribution in [-0.2, 0) is 0 Å². The summed E-state index contributed by atoms with van der Waals surface area (Å²) in [4.78, 5) is 14.3. The third-order valence-corrected chi connectivity index (χ3v) is 3.56. The molecule has 5 heteroatoms. The predicted octanol–water partition coefficient (Wildman–Crippen LogP) is 1.16. The zero-order valence-electron chi connectivity index (χ0n) is 9.97. The number of aliphatic hydroxyl groups is 1. The summed E-state index contributed by atoms with van der Waals surface area (Å²) < 4.78 is 0. The van der Waals surface area contributed by atoms with Crippen molar-refractivity contribution in [2.24, 2.45) is 0 Å². The second-order valence-corrected chi connectivity index (χ2v) is 4.62. The second-order valence-electron chi connectivity index (χ2n) is 4.62. The van der Waals surface area contributed by atoms with Crippen LogP contribution in [0.25, 0.3) is 10.9 Å². The van der Waals surface area contributed by atoms with Gasteiger partial charge in [-0.2, -0.15) is 5.10 Å². The van der Waals surface area contributed by atoms with Crippen molar-refractivity contribution in [3.05, 3.63) is 30.0 Å². The Labute approximate surface area is 104 Å². The van der Waals surface area contributed by atoms with Crippen LogP contribution in [0.4, 0.5) is 0 Å². The van der Waals surface area contributed by atoms with Crippen molar-refractivity contribution in [1.82, 2.24) is 15.1 Å². The van der Waals surface area contributed by atoms with Gasteiger partial charge in [0.05, 0.1) is 29.9 Å². The normalized spacial score (nSPS) is 19.6. The number of nitrogens with one attached hydrogen (secondary N) is 1. The number of benzene rings is 1. The van der Waals surface area contributed by atoms with Gasteiger partial charge in [0, 0.05) is 11.9 Å². The number of aromatic amines is 1.